The zero-order valence-corrected chi connectivity index (χ0v) is 11.3. The average molecular weight is 269 g/mol. The lowest BCUT2D eigenvalue weighted by Crippen LogP contribution is -2.25. The van der Waals surface area contributed by atoms with Crippen LogP contribution in [0, 0.1) is 6.92 Å². The number of carbonyl (C=O) groups excluding carboxylic acids is 2. The van der Waals surface area contributed by atoms with Gasteiger partial charge in [-0.05, 0) is 6.92 Å². The molecule has 1 aliphatic heterocycles. The number of thiazole rings is 1. The maximum atomic E-state index is 11.9. The van der Waals surface area contributed by atoms with Gasteiger partial charge in [-0.1, -0.05) is 11.3 Å². The second-order valence-electron chi connectivity index (χ2n) is 4.47. The van der Waals surface area contributed by atoms with Crippen LogP contribution in [0.3, 0.4) is 0 Å². The summed E-state index contributed by atoms with van der Waals surface area (Å²) >= 11 is 1.19. The van der Waals surface area contributed by atoms with Crippen LogP contribution in [-0.2, 0) is 4.79 Å². The van der Waals surface area contributed by atoms with Gasteiger partial charge in [0.1, 0.15) is 4.88 Å². The first-order chi connectivity index (χ1) is 8.40. The molecule has 98 valence electrons. The summed E-state index contributed by atoms with van der Waals surface area (Å²) in [6.07, 6.45) is -0.523. The van der Waals surface area contributed by atoms with E-state index >= 15 is 0 Å². The minimum atomic E-state index is -0.644. The molecule has 1 aliphatic rings. The quantitative estimate of drug-likeness (QED) is 0.835. The first-order valence-corrected chi connectivity index (χ1v) is 6.39. The standard InChI is InChI=1S/C11H15N3O3S/c1-6-9(10(17)13(2)3)18-11(12-6)14-5-7(15)4-8(14)16/h7,15H,4-5H2,1-3H3. The Morgan fingerprint density at radius 1 is 1.56 bits per heavy atom. The molecule has 1 unspecified atom stereocenters. The molecule has 0 spiro atoms. The molecule has 2 heterocycles. The Morgan fingerprint density at radius 2 is 2.22 bits per heavy atom. The molecule has 2 amide bonds. The first-order valence-electron chi connectivity index (χ1n) is 5.57. The Balaban J connectivity index is 2.29. The number of nitrogens with zero attached hydrogens (tertiary/aromatic N) is 3. The van der Waals surface area contributed by atoms with Crippen molar-refractivity contribution in [3.8, 4) is 0 Å². The number of aliphatic hydroxyl groups excluding tert-OH is 1. The molecule has 1 aromatic rings. The summed E-state index contributed by atoms with van der Waals surface area (Å²) in [5.41, 5.74) is 0.614. The number of amides is 2. The van der Waals surface area contributed by atoms with Crippen LogP contribution in [0.5, 0.6) is 0 Å². The predicted octanol–water partition coefficient (Wildman–Crippen LogP) is 0.251. The molecule has 0 aliphatic carbocycles. The number of aliphatic hydroxyl groups is 1. The largest absolute Gasteiger partial charge is 0.391 e. The average Bonchev–Trinajstić information content (AvgIpc) is 2.80. The summed E-state index contributed by atoms with van der Waals surface area (Å²) in [5, 5.41) is 9.93. The van der Waals surface area contributed by atoms with Crippen molar-refractivity contribution in [3.63, 3.8) is 0 Å². The Labute approximate surface area is 109 Å². The van der Waals surface area contributed by atoms with Crippen LogP contribution in [0.25, 0.3) is 0 Å². The first kappa shape index (κ1) is 13.0. The Bertz CT molecular complexity index is 498. The molecule has 0 radical (unpaired) electrons. The number of aromatic nitrogens is 1. The van der Waals surface area contributed by atoms with Gasteiger partial charge < -0.3 is 10.0 Å². The molecule has 1 atom stereocenters. The van der Waals surface area contributed by atoms with E-state index in [1.165, 1.54) is 21.1 Å². The fourth-order valence-electron chi connectivity index (χ4n) is 1.77. The van der Waals surface area contributed by atoms with Crippen LogP contribution in [0.2, 0.25) is 0 Å². The van der Waals surface area contributed by atoms with Crippen LogP contribution in [0.15, 0.2) is 0 Å². The maximum Gasteiger partial charge on any atom is 0.265 e. The minimum absolute atomic E-state index is 0.121. The topological polar surface area (TPSA) is 73.7 Å². The van der Waals surface area contributed by atoms with Crippen molar-refractivity contribution >= 4 is 28.3 Å². The highest BCUT2D eigenvalue weighted by atomic mass is 32.1. The molecule has 18 heavy (non-hydrogen) atoms. The highest BCUT2D eigenvalue weighted by Gasteiger charge is 2.32. The Morgan fingerprint density at radius 3 is 2.72 bits per heavy atom. The van der Waals surface area contributed by atoms with Gasteiger partial charge in [-0.25, -0.2) is 4.98 Å². The minimum Gasteiger partial charge on any atom is -0.391 e. The summed E-state index contributed by atoms with van der Waals surface area (Å²) in [4.78, 5) is 31.2. The van der Waals surface area contributed by atoms with E-state index in [1.807, 2.05) is 0 Å². The van der Waals surface area contributed by atoms with Crippen molar-refractivity contribution < 1.29 is 14.7 Å². The monoisotopic (exact) mass is 269 g/mol. The van der Waals surface area contributed by atoms with Crippen LogP contribution in [0.1, 0.15) is 21.8 Å². The maximum absolute atomic E-state index is 11.9. The zero-order valence-electron chi connectivity index (χ0n) is 10.5. The van der Waals surface area contributed by atoms with Gasteiger partial charge in [0.05, 0.1) is 24.8 Å². The second-order valence-corrected chi connectivity index (χ2v) is 5.45. The third kappa shape index (κ3) is 2.23. The fraction of sp³-hybridized carbons (Fsp3) is 0.545. The van der Waals surface area contributed by atoms with Gasteiger partial charge in [0, 0.05) is 14.1 Å². The summed E-state index contributed by atoms with van der Waals surface area (Å²) in [6.45, 7) is 2.00. The van der Waals surface area contributed by atoms with E-state index in [-0.39, 0.29) is 24.8 Å². The van der Waals surface area contributed by atoms with Gasteiger partial charge in [0.2, 0.25) is 5.91 Å². The number of aryl methyl sites for hydroxylation is 1. The van der Waals surface area contributed by atoms with Gasteiger partial charge in [-0.2, -0.15) is 0 Å². The SMILES string of the molecule is Cc1nc(N2CC(O)CC2=O)sc1C(=O)N(C)C. The van der Waals surface area contributed by atoms with Crippen molar-refractivity contribution in [2.45, 2.75) is 19.4 Å². The van der Waals surface area contributed by atoms with Gasteiger partial charge >= 0.3 is 0 Å². The highest BCUT2D eigenvalue weighted by molar-refractivity contribution is 7.17. The van der Waals surface area contributed by atoms with E-state index in [9.17, 15) is 14.7 Å². The molecular formula is C11H15N3O3S. The highest BCUT2D eigenvalue weighted by Crippen LogP contribution is 2.29. The van der Waals surface area contributed by atoms with E-state index in [0.29, 0.717) is 15.7 Å². The summed E-state index contributed by atoms with van der Waals surface area (Å²) in [6, 6.07) is 0. The van der Waals surface area contributed by atoms with Crippen LogP contribution in [-0.4, -0.2) is 53.5 Å². The fourth-order valence-corrected chi connectivity index (χ4v) is 2.89. The van der Waals surface area contributed by atoms with Gasteiger partial charge in [-0.15, -0.1) is 0 Å². The van der Waals surface area contributed by atoms with E-state index in [2.05, 4.69) is 4.98 Å². The van der Waals surface area contributed by atoms with Crippen LogP contribution >= 0.6 is 11.3 Å². The van der Waals surface area contributed by atoms with Crippen molar-refractivity contribution in [1.82, 2.24) is 9.88 Å². The molecular weight excluding hydrogens is 254 g/mol. The molecule has 6 nitrogen and oxygen atoms in total. The molecule has 0 aromatic carbocycles. The lowest BCUT2D eigenvalue weighted by Gasteiger charge is -2.11. The van der Waals surface area contributed by atoms with Crippen molar-refractivity contribution in [2.24, 2.45) is 0 Å². The van der Waals surface area contributed by atoms with Gasteiger partial charge in [0.15, 0.2) is 5.13 Å². The summed E-state index contributed by atoms with van der Waals surface area (Å²) in [5.74, 6) is -0.274. The summed E-state index contributed by atoms with van der Waals surface area (Å²) in [7, 11) is 3.35. The third-order valence-electron chi connectivity index (χ3n) is 2.72. The second kappa shape index (κ2) is 4.66. The zero-order chi connectivity index (χ0) is 13.4. The lowest BCUT2D eigenvalue weighted by molar-refractivity contribution is -0.117. The number of hydrogen-bond donors (Lipinski definition) is 1. The third-order valence-corrected chi connectivity index (χ3v) is 3.89. The van der Waals surface area contributed by atoms with E-state index < -0.39 is 6.10 Å². The molecule has 1 saturated heterocycles. The number of β-amino-alcohol motifs (C(OH)–C–C–N with tert-alkyl or cyclic N) is 1. The van der Waals surface area contributed by atoms with Crippen molar-refractivity contribution in [3.05, 3.63) is 10.6 Å². The molecule has 1 fully saturated rings. The van der Waals surface area contributed by atoms with E-state index in [0.717, 1.165) is 0 Å². The number of rotatable bonds is 2. The van der Waals surface area contributed by atoms with Gasteiger partial charge in [-0.3, -0.25) is 14.5 Å². The number of anilines is 1. The molecule has 7 heteroatoms. The predicted molar refractivity (Wildman–Crippen MR) is 67.8 cm³/mol. The normalized spacial score (nSPS) is 19.4. The van der Waals surface area contributed by atoms with Crippen molar-refractivity contribution in [1.29, 1.82) is 0 Å². The van der Waals surface area contributed by atoms with Crippen molar-refractivity contribution in [2.75, 3.05) is 25.5 Å². The molecule has 2 rings (SSSR count). The lowest BCUT2D eigenvalue weighted by atomic mass is 10.3. The molecule has 1 aromatic heterocycles. The Hall–Kier alpha value is -1.47. The van der Waals surface area contributed by atoms with E-state index in [4.69, 9.17) is 0 Å². The number of carbonyl (C=O) groups is 2. The molecule has 0 saturated carbocycles. The number of hydrogen-bond acceptors (Lipinski definition) is 5. The van der Waals surface area contributed by atoms with Crippen LogP contribution in [0.4, 0.5) is 5.13 Å². The van der Waals surface area contributed by atoms with E-state index in [1.54, 1.807) is 21.0 Å². The molecule has 1 N–H and O–H groups in total. The van der Waals surface area contributed by atoms with Crippen LogP contribution < -0.4 is 4.90 Å². The smallest absolute Gasteiger partial charge is 0.265 e. The Kier molecular flexibility index (Phi) is 3.36. The summed E-state index contributed by atoms with van der Waals surface area (Å²) < 4.78 is 0. The molecule has 0 bridgehead atoms. The van der Waals surface area contributed by atoms with Gasteiger partial charge in [0.25, 0.3) is 5.91 Å².